The third-order valence-corrected chi connectivity index (χ3v) is 9.79. The van der Waals surface area contributed by atoms with E-state index in [4.69, 9.17) is 13.1 Å². The van der Waals surface area contributed by atoms with E-state index in [-0.39, 0.29) is 0 Å². The zero-order valence-electron chi connectivity index (χ0n) is 27.3. The molecular formula is C47H26N4. The Morgan fingerprint density at radius 1 is 0.451 bits per heavy atom. The molecule has 0 radical (unpaired) electrons. The lowest BCUT2D eigenvalue weighted by molar-refractivity contribution is 1.18. The number of nitriles is 1. The maximum Gasteiger partial charge on any atom is 0.198 e. The third-order valence-electron chi connectivity index (χ3n) is 9.79. The topological polar surface area (TPSA) is 37.4 Å². The molecule has 0 aliphatic rings. The van der Waals surface area contributed by atoms with Gasteiger partial charge in [-0.15, -0.1) is 0 Å². The number of hydrogen-bond donors (Lipinski definition) is 0. The van der Waals surface area contributed by atoms with Gasteiger partial charge in [0.25, 0.3) is 0 Å². The Bertz CT molecular complexity index is 2890. The summed E-state index contributed by atoms with van der Waals surface area (Å²) in [5.41, 5.74) is 9.54. The van der Waals surface area contributed by atoms with Crippen LogP contribution in [0.1, 0.15) is 5.56 Å². The standard InChI is InChI=1S/C47H26N4/c1-49-34-27-32(46-39-20-8-6-18-37(39)45(31-14-4-3-5-15-31)38-19-7-9-21-40(38)46)26-33(28-34)47-41(50-2)24-30(29-48)25-44(47)51-42-22-12-10-16-35(42)36-17-11-13-23-43(36)51/h3-28H. The molecule has 0 N–H and O–H groups in total. The zero-order valence-corrected chi connectivity index (χ0v) is 27.3. The molecule has 0 atom stereocenters. The summed E-state index contributed by atoms with van der Waals surface area (Å²) in [4.78, 5) is 7.96. The van der Waals surface area contributed by atoms with Crippen LogP contribution in [0.4, 0.5) is 11.4 Å². The van der Waals surface area contributed by atoms with Gasteiger partial charge in [0.15, 0.2) is 11.4 Å². The van der Waals surface area contributed by atoms with E-state index in [1.54, 1.807) is 6.07 Å². The van der Waals surface area contributed by atoms with Gasteiger partial charge < -0.3 is 4.57 Å². The first-order valence-electron chi connectivity index (χ1n) is 16.6. The molecule has 4 nitrogen and oxygen atoms in total. The minimum absolute atomic E-state index is 0.355. The van der Waals surface area contributed by atoms with Gasteiger partial charge in [-0.3, -0.25) is 0 Å². The van der Waals surface area contributed by atoms with Crippen LogP contribution in [-0.2, 0) is 0 Å². The number of rotatable bonds is 4. The van der Waals surface area contributed by atoms with Crippen molar-refractivity contribution in [2.75, 3.05) is 0 Å². The van der Waals surface area contributed by atoms with Gasteiger partial charge in [0.1, 0.15) is 0 Å². The Hall–Kier alpha value is -7.45. The quantitative estimate of drug-likeness (QED) is 0.138. The van der Waals surface area contributed by atoms with E-state index in [1.807, 2.05) is 48.5 Å². The van der Waals surface area contributed by atoms with Crippen molar-refractivity contribution < 1.29 is 0 Å². The summed E-state index contributed by atoms with van der Waals surface area (Å²) >= 11 is 0. The van der Waals surface area contributed by atoms with Crippen LogP contribution in [0.25, 0.3) is 92.1 Å². The second-order valence-electron chi connectivity index (χ2n) is 12.6. The molecule has 1 heterocycles. The fourth-order valence-electron chi connectivity index (χ4n) is 7.74. The van der Waals surface area contributed by atoms with E-state index in [1.165, 1.54) is 5.56 Å². The van der Waals surface area contributed by atoms with Crippen molar-refractivity contribution >= 4 is 54.7 Å². The Kier molecular flexibility index (Phi) is 6.93. The summed E-state index contributed by atoms with van der Waals surface area (Å²) in [6.45, 7) is 16.6. The van der Waals surface area contributed by atoms with Gasteiger partial charge in [0.2, 0.25) is 0 Å². The van der Waals surface area contributed by atoms with Gasteiger partial charge in [-0.05, 0) is 85.8 Å². The molecule has 8 aromatic carbocycles. The largest absolute Gasteiger partial charge is 0.310 e. The second kappa shape index (κ2) is 11.9. The summed E-state index contributed by atoms with van der Waals surface area (Å²) in [7, 11) is 0. The summed E-state index contributed by atoms with van der Waals surface area (Å²) in [6, 6.07) is 55.6. The minimum Gasteiger partial charge on any atom is -0.310 e. The summed E-state index contributed by atoms with van der Waals surface area (Å²) in [5.74, 6) is 0. The molecular weight excluding hydrogens is 621 g/mol. The fraction of sp³-hybridized carbons (Fsp3) is 0. The second-order valence-corrected chi connectivity index (χ2v) is 12.6. The van der Waals surface area contributed by atoms with Crippen LogP contribution in [0.2, 0.25) is 0 Å². The highest BCUT2D eigenvalue weighted by Crippen LogP contribution is 2.47. The number of aromatic nitrogens is 1. The van der Waals surface area contributed by atoms with Gasteiger partial charge in [0.05, 0.1) is 30.2 Å². The first-order valence-corrected chi connectivity index (χ1v) is 16.6. The molecule has 51 heavy (non-hydrogen) atoms. The molecule has 0 aliphatic carbocycles. The van der Waals surface area contributed by atoms with Crippen LogP contribution in [-0.4, -0.2) is 4.57 Å². The molecule has 0 spiro atoms. The van der Waals surface area contributed by atoms with Gasteiger partial charge >= 0.3 is 0 Å². The molecule has 0 unspecified atom stereocenters. The van der Waals surface area contributed by atoms with Gasteiger partial charge in [-0.1, -0.05) is 121 Å². The van der Waals surface area contributed by atoms with Crippen molar-refractivity contribution in [2.45, 2.75) is 0 Å². The Balaban J connectivity index is 1.40. The third kappa shape index (κ3) is 4.66. The van der Waals surface area contributed by atoms with Crippen LogP contribution in [0.3, 0.4) is 0 Å². The van der Waals surface area contributed by atoms with Crippen molar-refractivity contribution in [3.05, 3.63) is 186 Å². The van der Waals surface area contributed by atoms with Crippen molar-refractivity contribution in [1.29, 1.82) is 5.26 Å². The Morgan fingerprint density at radius 2 is 0.922 bits per heavy atom. The average molecular weight is 647 g/mol. The van der Waals surface area contributed by atoms with Crippen molar-refractivity contribution in [3.63, 3.8) is 0 Å². The maximum absolute atomic E-state index is 10.1. The minimum atomic E-state index is 0.355. The Labute approximate surface area is 294 Å². The molecule has 9 aromatic rings. The number of nitrogens with zero attached hydrogens (tertiary/aromatic N) is 4. The van der Waals surface area contributed by atoms with Crippen LogP contribution in [0.5, 0.6) is 0 Å². The normalized spacial score (nSPS) is 11.1. The SMILES string of the molecule is [C-]#[N+]c1cc(-c2c([N+]#[C-])cc(C#N)cc2-n2c3ccccc3c3ccccc32)cc(-c2c3ccccc3c(-c3ccccc3)c3ccccc23)c1. The first-order chi connectivity index (χ1) is 25.2. The fourth-order valence-corrected chi connectivity index (χ4v) is 7.74. The van der Waals surface area contributed by atoms with Gasteiger partial charge in [-0.25, -0.2) is 9.69 Å². The van der Waals surface area contributed by atoms with E-state index in [9.17, 15) is 5.26 Å². The number of para-hydroxylation sites is 2. The predicted octanol–water partition coefficient (Wildman–Crippen LogP) is 13.1. The molecule has 0 fully saturated rings. The van der Waals surface area contributed by atoms with E-state index in [2.05, 4.69) is 123 Å². The van der Waals surface area contributed by atoms with Crippen LogP contribution in [0.15, 0.2) is 158 Å². The average Bonchev–Trinajstić information content (AvgIpc) is 3.53. The maximum atomic E-state index is 10.1. The van der Waals surface area contributed by atoms with E-state index in [0.29, 0.717) is 22.5 Å². The monoisotopic (exact) mass is 646 g/mol. The molecule has 0 saturated heterocycles. The smallest absolute Gasteiger partial charge is 0.198 e. The number of benzene rings is 8. The predicted molar refractivity (Wildman–Crippen MR) is 209 cm³/mol. The van der Waals surface area contributed by atoms with Gasteiger partial charge in [-0.2, -0.15) is 5.26 Å². The van der Waals surface area contributed by atoms with Crippen LogP contribution < -0.4 is 0 Å². The number of fused-ring (bicyclic) bond motifs is 5. The van der Waals surface area contributed by atoms with E-state index >= 15 is 0 Å². The zero-order chi connectivity index (χ0) is 34.5. The van der Waals surface area contributed by atoms with Crippen LogP contribution in [0, 0.1) is 24.5 Å². The van der Waals surface area contributed by atoms with Crippen molar-refractivity contribution in [1.82, 2.24) is 4.57 Å². The van der Waals surface area contributed by atoms with E-state index < -0.39 is 0 Å². The molecule has 0 saturated carbocycles. The van der Waals surface area contributed by atoms with Gasteiger partial charge in [0, 0.05) is 27.6 Å². The number of hydrogen-bond acceptors (Lipinski definition) is 1. The summed E-state index contributed by atoms with van der Waals surface area (Å²) in [5, 5.41) is 16.7. The molecule has 234 valence electrons. The molecule has 0 aliphatic heterocycles. The lowest BCUT2D eigenvalue weighted by atomic mass is 9.85. The first kappa shape index (κ1) is 29.7. The highest BCUT2D eigenvalue weighted by molar-refractivity contribution is 6.21. The Morgan fingerprint density at radius 3 is 1.43 bits per heavy atom. The molecule has 0 amide bonds. The lowest BCUT2D eigenvalue weighted by Crippen LogP contribution is -1.99. The summed E-state index contributed by atoms with van der Waals surface area (Å²) in [6.07, 6.45) is 0. The van der Waals surface area contributed by atoms with Crippen molar-refractivity contribution in [3.8, 4) is 45.1 Å². The summed E-state index contributed by atoms with van der Waals surface area (Å²) < 4.78 is 2.15. The molecule has 0 bridgehead atoms. The molecule has 9 rings (SSSR count). The van der Waals surface area contributed by atoms with Crippen LogP contribution >= 0.6 is 0 Å². The highest BCUT2D eigenvalue weighted by atomic mass is 15.0. The molecule has 1 aromatic heterocycles. The van der Waals surface area contributed by atoms with E-state index in [0.717, 1.165) is 71.3 Å². The van der Waals surface area contributed by atoms with Crippen molar-refractivity contribution in [2.24, 2.45) is 0 Å². The molecule has 4 heteroatoms. The highest BCUT2D eigenvalue weighted by Gasteiger charge is 2.22. The lowest BCUT2D eigenvalue weighted by Gasteiger charge is -2.20.